The number of rotatable bonds is 2. The third-order valence-electron chi connectivity index (χ3n) is 3.07. The first kappa shape index (κ1) is 9.45. The number of carbonyl (C=O) groups is 1. The van der Waals surface area contributed by atoms with Gasteiger partial charge >= 0.3 is 0 Å². The quantitative estimate of drug-likeness (QED) is 0.697. The maximum Gasteiger partial charge on any atom is 0.140 e. The molecule has 0 amide bonds. The van der Waals surface area contributed by atoms with Gasteiger partial charge in [-0.25, -0.2) is 0 Å². The van der Waals surface area contributed by atoms with Crippen molar-refractivity contribution in [1.29, 1.82) is 0 Å². The predicted molar refractivity (Wildman–Crippen MR) is 57.4 cm³/mol. The molecule has 1 nitrogen and oxygen atoms in total. The zero-order valence-corrected chi connectivity index (χ0v) is 8.62. The SMILES string of the molecule is CCc1cccc(C2CCCC2=O)c1. The minimum Gasteiger partial charge on any atom is -0.299 e. The second-order valence-electron chi connectivity index (χ2n) is 4.01. The van der Waals surface area contributed by atoms with E-state index in [0.29, 0.717) is 5.78 Å². The van der Waals surface area contributed by atoms with Crippen molar-refractivity contribution in [3.8, 4) is 0 Å². The van der Waals surface area contributed by atoms with Crippen LogP contribution in [0.1, 0.15) is 43.2 Å². The molecule has 14 heavy (non-hydrogen) atoms. The average molecular weight is 188 g/mol. The molecule has 1 atom stereocenters. The van der Waals surface area contributed by atoms with E-state index in [1.54, 1.807) is 0 Å². The molecule has 0 aliphatic heterocycles. The van der Waals surface area contributed by atoms with Crippen molar-refractivity contribution >= 4 is 5.78 Å². The molecule has 1 aromatic carbocycles. The number of aryl methyl sites for hydroxylation is 1. The van der Waals surface area contributed by atoms with Gasteiger partial charge in [0.2, 0.25) is 0 Å². The smallest absolute Gasteiger partial charge is 0.140 e. The van der Waals surface area contributed by atoms with Crippen molar-refractivity contribution in [2.24, 2.45) is 0 Å². The molecular formula is C13H16O. The highest BCUT2D eigenvalue weighted by atomic mass is 16.1. The summed E-state index contributed by atoms with van der Waals surface area (Å²) in [7, 11) is 0. The van der Waals surface area contributed by atoms with Gasteiger partial charge in [-0.1, -0.05) is 31.2 Å². The lowest BCUT2D eigenvalue weighted by atomic mass is 9.95. The largest absolute Gasteiger partial charge is 0.299 e. The zero-order valence-electron chi connectivity index (χ0n) is 8.62. The molecule has 0 heterocycles. The summed E-state index contributed by atoms with van der Waals surface area (Å²) in [5.74, 6) is 0.625. The van der Waals surface area contributed by atoms with Crippen LogP contribution in [0, 0.1) is 0 Å². The number of Topliss-reactive ketones (excluding diaryl/α,β-unsaturated/α-hetero) is 1. The highest BCUT2D eigenvalue weighted by molar-refractivity contribution is 5.87. The van der Waals surface area contributed by atoms with Crippen LogP contribution in [0.3, 0.4) is 0 Å². The summed E-state index contributed by atoms with van der Waals surface area (Å²) in [6, 6.07) is 8.48. The van der Waals surface area contributed by atoms with Crippen molar-refractivity contribution in [1.82, 2.24) is 0 Å². The molecule has 0 radical (unpaired) electrons. The van der Waals surface area contributed by atoms with Crippen molar-refractivity contribution < 1.29 is 4.79 Å². The summed E-state index contributed by atoms with van der Waals surface area (Å²) in [5, 5.41) is 0. The maximum absolute atomic E-state index is 11.6. The van der Waals surface area contributed by atoms with Gasteiger partial charge in [0, 0.05) is 12.3 Å². The number of benzene rings is 1. The van der Waals surface area contributed by atoms with E-state index >= 15 is 0 Å². The van der Waals surface area contributed by atoms with Gasteiger partial charge in [0.05, 0.1) is 0 Å². The van der Waals surface area contributed by atoms with Crippen LogP contribution in [0.4, 0.5) is 0 Å². The van der Waals surface area contributed by atoms with Gasteiger partial charge in [0.25, 0.3) is 0 Å². The Hall–Kier alpha value is -1.11. The fourth-order valence-corrected chi connectivity index (χ4v) is 2.20. The molecule has 1 heteroatoms. The molecule has 2 rings (SSSR count). The van der Waals surface area contributed by atoms with Crippen LogP contribution in [0.2, 0.25) is 0 Å². The highest BCUT2D eigenvalue weighted by Gasteiger charge is 2.25. The molecule has 1 saturated carbocycles. The van der Waals surface area contributed by atoms with Crippen molar-refractivity contribution in [2.45, 2.75) is 38.5 Å². The summed E-state index contributed by atoms with van der Waals surface area (Å²) >= 11 is 0. The molecule has 1 aliphatic rings. The Bertz CT molecular complexity index is 341. The average Bonchev–Trinajstić information content (AvgIpc) is 2.65. The molecule has 0 N–H and O–H groups in total. The van der Waals surface area contributed by atoms with E-state index in [2.05, 4.69) is 31.2 Å². The van der Waals surface area contributed by atoms with E-state index in [0.717, 1.165) is 25.7 Å². The zero-order chi connectivity index (χ0) is 9.97. The van der Waals surface area contributed by atoms with Crippen LogP contribution in [-0.4, -0.2) is 5.78 Å². The van der Waals surface area contributed by atoms with Gasteiger partial charge < -0.3 is 0 Å². The van der Waals surface area contributed by atoms with Crippen LogP contribution < -0.4 is 0 Å². The summed E-state index contributed by atoms with van der Waals surface area (Å²) in [4.78, 5) is 11.6. The summed E-state index contributed by atoms with van der Waals surface area (Å²) < 4.78 is 0. The van der Waals surface area contributed by atoms with Gasteiger partial charge in [-0.2, -0.15) is 0 Å². The topological polar surface area (TPSA) is 17.1 Å². The van der Waals surface area contributed by atoms with Crippen LogP contribution in [-0.2, 0) is 11.2 Å². The first-order valence-corrected chi connectivity index (χ1v) is 5.43. The van der Waals surface area contributed by atoms with Gasteiger partial charge in [0.1, 0.15) is 5.78 Å². The van der Waals surface area contributed by atoms with Gasteiger partial charge in [0.15, 0.2) is 0 Å². The second kappa shape index (κ2) is 3.95. The minimum atomic E-state index is 0.196. The Morgan fingerprint density at radius 1 is 1.43 bits per heavy atom. The third-order valence-corrected chi connectivity index (χ3v) is 3.07. The van der Waals surface area contributed by atoms with E-state index in [1.165, 1.54) is 11.1 Å². The lowest BCUT2D eigenvalue weighted by Crippen LogP contribution is -2.04. The summed E-state index contributed by atoms with van der Waals surface area (Å²) in [6.07, 6.45) is 3.95. The van der Waals surface area contributed by atoms with E-state index in [9.17, 15) is 4.79 Å². The predicted octanol–water partition coefficient (Wildman–Crippen LogP) is 3.09. The molecule has 0 saturated heterocycles. The normalized spacial score (nSPS) is 21.5. The third kappa shape index (κ3) is 1.72. The summed E-state index contributed by atoms with van der Waals surface area (Å²) in [6.45, 7) is 2.15. The molecule has 1 fully saturated rings. The second-order valence-corrected chi connectivity index (χ2v) is 4.01. The number of ketones is 1. The van der Waals surface area contributed by atoms with Crippen molar-refractivity contribution in [3.63, 3.8) is 0 Å². The molecular weight excluding hydrogens is 172 g/mol. The molecule has 0 bridgehead atoms. The molecule has 0 spiro atoms. The van der Waals surface area contributed by atoms with Crippen molar-refractivity contribution in [3.05, 3.63) is 35.4 Å². The van der Waals surface area contributed by atoms with E-state index < -0.39 is 0 Å². The Morgan fingerprint density at radius 3 is 2.93 bits per heavy atom. The Kier molecular flexibility index (Phi) is 2.67. The fourth-order valence-electron chi connectivity index (χ4n) is 2.20. The number of hydrogen-bond donors (Lipinski definition) is 0. The van der Waals surface area contributed by atoms with Crippen LogP contribution in [0.5, 0.6) is 0 Å². The standard InChI is InChI=1S/C13H16O/c1-2-10-5-3-6-11(9-10)12-7-4-8-13(12)14/h3,5-6,9,12H,2,4,7-8H2,1H3. The van der Waals surface area contributed by atoms with Gasteiger partial charge in [-0.15, -0.1) is 0 Å². The summed E-state index contributed by atoms with van der Waals surface area (Å²) in [5.41, 5.74) is 2.56. The molecule has 0 aromatic heterocycles. The molecule has 74 valence electrons. The first-order valence-electron chi connectivity index (χ1n) is 5.43. The molecule has 1 aromatic rings. The fraction of sp³-hybridized carbons (Fsp3) is 0.462. The Balaban J connectivity index is 2.26. The van der Waals surface area contributed by atoms with Crippen LogP contribution in [0.15, 0.2) is 24.3 Å². The Labute approximate surface area is 85.1 Å². The Morgan fingerprint density at radius 2 is 2.29 bits per heavy atom. The molecule has 1 unspecified atom stereocenters. The van der Waals surface area contributed by atoms with Crippen LogP contribution >= 0.6 is 0 Å². The maximum atomic E-state index is 11.6. The van der Waals surface area contributed by atoms with Crippen LogP contribution in [0.25, 0.3) is 0 Å². The van der Waals surface area contributed by atoms with Gasteiger partial charge in [-0.3, -0.25) is 4.79 Å². The number of hydrogen-bond acceptors (Lipinski definition) is 1. The monoisotopic (exact) mass is 188 g/mol. The lowest BCUT2D eigenvalue weighted by molar-refractivity contribution is -0.118. The highest BCUT2D eigenvalue weighted by Crippen LogP contribution is 2.31. The number of carbonyl (C=O) groups excluding carboxylic acids is 1. The van der Waals surface area contributed by atoms with Gasteiger partial charge in [-0.05, 0) is 30.4 Å². The minimum absolute atomic E-state index is 0.196. The molecule has 1 aliphatic carbocycles. The van der Waals surface area contributed by atoms with Crippen molar-refractivity contribution in [2.75, 3.05) is 0 Å². The van der Waals surface area contributed by atoms with E-state index in [-0.39, 0.29) is 5.92 Å². The van der Waals surface area contributed by atoms with E-state index in [4.69, 9.17) is 0 Å². The first-order chi connectivity index (χ1) is 6.81. The van der Waals surface area contributed by atoms with E-state index in [1.807, 2.05) is 0 Å². The lowest BCUT2D eigenvalue weighted by Gasteiger charge is -2.09.